The van der Waals surface area contributed by atoms with Crippen molar-refractivity contribution in [2.75, 3.05) is 44.4 Å². The van der Waals surface area contributed by atoms with Crippen LogP contribution in [0, 0.1) is 23.6 Å². The molecule has 8 rings (SSSR count). The molecule has 3 aromatic rings. The first-order valence-electron chi connectivity index (χ1n) is 19.4. The Labute approximate surface area is 315 Å². The number of aromatic nitrogens is 2. The van der Waals surface area contributed by atoms with Crippen LogP contribution in [0.4, 0.5) is 14.6 Å². The van der Waals surface area contributed by atoms with E-state index in [1.54, 1.807) is 18.2 Å². The fourth-order valence-electron chi connectivity index (χ4n) is 9.81. The number of alkyl halides is 1. The number of aromatic hydroxyl groups is 1. The zero-order valence-electron chi connectivity index (χ0n) is 31.0. The molecule has 2 N–H and O–H groups in total. The van der Waals surface area contributed by atoms with Crippen LogP contribution in [0.1, 0.15) is 87.1 Å². The van der Waals surface area contributed by atoms with E-state index in [-0.39, 0.29) is 35.9 Å². The van der Waals surface area contributed by atoms with E-state index in [0.717, 1.165) is 81.7 Å². The summed E-state index contributed by atoms with van der Waals surface area (Å²) >= 11 is 0. The number of fused-ring (bicyclic) bond motifs is 2. The molecule has 5 aliphatic rings. The number of anilines is 1. The van der Waals surface area contributed by atoms with Gasteiger partial charge in [-0.25, -0.2) is 8.78 Å². The van der Waals surface area contributed by atoms with Crippen LogP contribution >= 0.6 is 0 Å². The fraction of sp³-hybridized carbons (Fsp3) is 0.512. The van der Waals surface area contributed by atoms with E-state index < -0.39 is 17.5 Å². The first-order valence-corrected chi connectivity index (χ1v) is 19.4. The molecule has 3 atom stereocenters. The molecule has 4 fully saturated rings. The van der Waals surface area contributed by atoms with Gasteiger partial charge < -0.3 is 24.8 Å². The van der Waals surface area contributed by atoms with E-state index in [2.05, 4.69) is 34.5 Å². The number of phenols is 1. The predicted octanol–water partition coefficient (Wildman–Crippen LogP) is 6.74. The number of amides is 1. The minimum absolute atomic E-state index is 0.0538. The molecule has 54 heavy (non-hydrogen) atoms. The van der Waals surface area contributed by atoms with Gasteiger partial charge in [0.1, 0.15) is 30.2 Å². The third-order valence-electron chi connectivity index (χ3n) is 12.6. The topological polar surface area (TPSA) is 100 Å². The molecule has 1 saturated carbocycles. The molecule has 4 heterocycles. The van der Waals surface area contributed by atoms with Crippen molar-refractivity contribution in [2.24, 2.45) is 5.41 Å². The number of nitrogens with zero attached hydrogens (tertiary/aromatic N) is 4. The SMILES string of the molecule is C#Cc1c(F)ccc2cc(O)cc(C3=Cc4nc(OC[C@]5(C)C[C@@H](F)CN5C5CC6(CCOCC6)C5)nc(N5CCCCC(NC(=O)C=C)C5)c4CC3)c12. The first-order chi connectivity index (χ1) is 26.1. The van der Waals surface area contributed by atoms with Crippen molar-refractivity contribution in [2.45, 2.75) is 94.9 Å². The quantitative estimate of drug-likeness (QED) is 0.194. The number of carbonyl (C=O) groups excluding carboxylic acids is 1. The van der Waals surface area contributed by atoms with Gasteiger partial charge in [-0.1, -0.05) is 18.6 Å². The van der Waals surface area contributed by atoms with Crippen LogP contribution in [0.15, 0.2) is 36.9 Å². The maximum absolute atomic E-state index is 15.2. The fourth-order valence-corrected chi connectivity index (χ4v) is 9.81. The lowest BCUT2D eigenvalue weighted by Crippen LogP contribution is -2.59. The van der Waals surface area contributed by atoms with Crippen LogP contribution < -0.4 is 15.0 Å². The Morgan fingerprint density at radius 2 is 2.00 bits per heavy atom. The van der Waals surface area contributed by atoms with Gasteiger partial charge in [-0.05, 0) is 117 Å². The van der Waals surface area contributed by atoms with Crippen LogP contribution in [0.25, 0.3) is 22.4 Å². The number of carbonyl (C=O) groups is 1. The minimum Gasteiger partial charge on any atom is -0.508 e. The van der Waals surface area contributed by atoms with Gasteiger partial charge in [0, 0.05) is 62.3 Å². The van der Waals surface area contributed by atoms with Crippen molar-refractivity contribution >= 4 is 34.1 Å². The molecular weight excluding hydrogens is 688 g/mol. The molecule has 284 valence electrons. The monoisotopic (exact) mass is 737 g/mol. The van der Waals surface area contributed by atoms with E-state index in [1.165, 1.54) is 12.1 Å². The van der Waals surface area contributed by atoms with Gasteiger partial charge in [0.2, 0.25) is 5.91 Å². The van der Waals surface area contributed by atoms with Crippen molar-refractivity contribution in [3.05, 3.63) is 65.1 Å². The Hall–Kier alpha value is -4.53. The number of nitrogens with one attached hydrogen (secondary N) is 1. The third kappa shape index (κ3) is 6.95. The van der Waals surface area contributed by atoms with E-state index in [1.807, 2.05) is 6.08 Å². The van der Waals surface area contributed by atoms with Gasteiger partial charge >= 0.3 is 6.01 Å². The molecule has 3 aliphatic heterocycles. The van der Waals surface area contributed by atoms with Gasteiger partial charge in [-0.2, -0.15) is 9.97 Å². The zero-order chi connectivity index (χ0) is 37.6. The summed E-state index contributed by atoms with van der Waals surface area (Å²) in [5.74, 6) is 2.62. The smallest absolute Gasteiger partial charge is 0.318 e. The number of likely N-dealkylation sites (tertiary alicyclic amines) is 1. The van der Waals surface area contributed by atoms with Crippen molar-refractivity contribution in [3.63, 3.8) is 0 Å². The van der Waals surface area contributed by atoms with Gasteiger partial charge in [0.25, 0.3) is 0 Å². The lowest BCUT2D eigenvalue weighted by Gasteiger charge is -2.55. The third-order valence-corrected chi connectivity index (χ3v) is 12.6. The van der Waals surface area contributed by atoms with Crippen LogP contribution in [0.3, 0.4) is 0 Å². The molecule has 0 radical (unpaired) electrons. The molecule has 1 unspecified atom stereocenters. The number of hydrogen-bond acceptors (Lipinski definition) is 8. The van der Waals surface area contributed by atoms with Crippen molar-refractivity contribution in [1.82, 2.24) is 20.2 Å². The molecular formula is C43H49F2N5O4. The van der Waals surface area contributed by atoms with Crippen molar-refractivity contribution in [3.8, 4) is 24.1 Å². The summed E-state index contributed by atoms with van der Waals surface area (Å²) in [5, 5.41) is 15.0. The van der Waals surface area contributed by atoms with E-state index in [0.29, 0.717) is 65.8 Å². The number of benzene rings is 2. The van der Waals surface area contributed by atoms with E-state index >= 15 is 8.78 Å². The summed E-state index contributed by atoms with van der Waals surface area (Å²) in [7, 11) is 0. The van der Waals surface area contributed by atoms with E-state index in [9.17, 15) is 9.90 Å². The summed E-state index contributed by atoms with van der Waals surface area (Å²) in [6.07, 6.45) is 16.6. The average molecular weight is 738 g/mol. The largest absolute Gasteiger partial charge is 0.508 e. The number of ether oxygens (including phenoxy) is 2. The molecule has 2 aliphatic carbocycles. The van der Waals surface area contributed by atoms with Crippen LogP contribution in [-0.4, -0.2) is 89.1 Å². The Morgan fingerprint density at radius 3 is 2.78 bits per heavy atom. The van der Waals surface area contributed by atoms with Gasteiger partial charge in [-0.15, -0.1) is 6.42 Å². The zero-order valence-corrected chi connectivity index (χ0v) is 31.0. The Morgan fingerprint density at radius 1 is 1.19 bits per heavy atom. The number of terminal acetylenes is 1. The van der Waals surface area contributed by atoms with Crippen LogP contribution in [-0.2, 0) is 16.0 Å². The number of hydrogen-bond donors (Lipinski definition) is 2. The lowest BCUT2D eigenvalue weighted by atomic mass is 9.60. The van der Waals surface area contributed by atoms with E-state index in [4.69, 9.17) is 25.9 Å². The second-order valence-corrected chi connectivity index (χ2v) is 16.3. The lowest BCUT2D eigenvalue weighted by molar-refractivity contribution is -0.117. The second-order valence-electron chi connectivity index (χ2n) is 16.3. The molecule has 2 aromatic carbocycles. The number of allylic oxidation sites excluding steroid dienone is 1. The number of halogens is 2. The standard InChI is InChI=1S/C43H49F2N5O4/c1-4-33-36(45)12-10-28-18-32(51)20-35(39(28)33)27-9-11-34-37(19-27)47-41(48-40(34)49-15-7-6-8-30(25-49)46-38(52)5-2)54-26-42(3)21-29(44)24-50(42)31-22-43(23-31)13-16-53-17-14-43/h1,5,10,12,18-20,29-31,51H,2,6-9,11,13-17,21-26H2,3H3,(H,46,52)/t29-,30?,42+/m1/s1. The Bertz CT molecular complexity index is 2030. The highest BCUT2D eigenvalue weighted by Gasteiger charge is 2.54. The molecule has 3 saturated heterocycles. The maximum atomic E-state index is 15.2. The Balaban J connectivity index is 1.15. The molecule has 1 spiro atoms. The average Bonchev–Trinajstić information content (AvgIpc) is 3.28. The van der Waals surface area contributed by atoms with Crippen LogP contribution in [0.5, 0.6) is 11.8 Å². The highest BCUT2D eigenvalue weighted by molar-refractivity contribution is 6.02. The summed E-state index contributed by atoms with van der Waals surface area (Å²) in [6, 6.07) is 6.59. The molecule has 11 heteroatoms. The minimum atomic E-state index is -0.940. The molecule has 1 aromatic heterocycles. The molecule has 0 bridgehead atoms. The number of rotatable bonds is 8. The molecule has 1 amide bonds. The maximum Gasteiger partial charge on any atom is 0.318 e. The summed E-state index contributed by atoms with van der Waals surface area (Å²) in [5.41, 5.74) is 3.05. The van der Waals surface area contributed by atoms with Gasteiger partial charge in [0.15, 0.2) is 0 Å². The van der Waals surface area contributed by atoms with Gasteiger partial charge in [0.05, 0.1) is 16.8 Å². The summed E-state index contributed by atoms with van der Waals surface area (Å²) in [6.45, 7) is 9.25. The number of phenolic OH excluding ortho intramolecular Hbond substituents is 1. The first kappa shape index (κ1) is 36.4. The molecule has 9 nitrogen and oxygen atoms in total. The highest BCUT2D eigenvalue weighted by atomic mass is 19.1. The second kappa shape index (κ2) is 14.6. The van der Waals surface area contributed by atoms with Crippen LogP contribution in [0.2, 0.25) is 0 Å². The van der Waals surface area contributed by atoms with Crippen molar-refractivity contribution in [1.29, 1.82) is 0 Å². The highest BCUT2D eigenvalue weighted by Crippen LogP contribution is 2.53. The normalized spacial score (nSPS) is 25.7. The summed E-state index contributed by atoms with van der Waals surface area (Å²) in [4.78, 5) is 26.9. The predicted molar refractivity (Wildman–Crippen MR) is 206 cm³/mol. The van der Waals surface area contributed by atoms with Crippen molar-refractivity contribution < 1.29 is 28.2 Å². The van der Waals surface area contributed by atoms with Gasteiger partial charge in [-0.3, -0.25) is 9.69 Å². The summed E-state index contributed by atoms with van der Waals surface area (Å²) < 4.78 is 42.4. The Kier molecular flexibility index (Phi) is 9.86.